The van der Waals surface area contributed by atoms with E-state index in [1.165, 1.54) is 0 Å². The van der Waals surface area contributed by atoms with E-state index in [1.807, 2.05) is 48.3 Å². The van der Waals surface area contributed by atoms with Crippen LogP contribution in [0.3, 0.4) is 0 Å². The molecule has 1 heterocycles. The number of thiocarbonyl (C=S) groups is 1. The number of rotatable bonds is 5. The van der Waals surface area contributed by atoms with Crippen molar-refractivity contribution in [1.29, 1.82) is 0 Å². The molecular weight excluding hydrogens is 270 g/mol. The van der Waals surface area contributed by atoms with Gasteiger partial charge in [0.25, 0.3) is 0 Å². The normalized spacial score (nSPS) is 10.1. The SMILES string of the molecule is COc1cccc(CN(C)c2ncccc2C(N)=S)c1. The molecule has 20 heavy (non-hydrogen) atoms. The number of nitrogens with two attached hydrogens (primary N) is 1. The van der Waals surface area contributed by atoms with Gasteiger partial charge in [-0.15, -0.1) is 0 Å². The topological polar surface area (TPSA) is 51.4 Å². The van der Waals surface area contributed by atoms with Gasteiger partial charge in [0.15, 0.2) is 0 Å². The van der Waals surface area contributed by atoms with Crippen molar-refractivity contribution in [3.8, 4) is 5.75 Å². The molecule has 104 valence electrons. The minimum Gasteiger partial charge on any atom is -0.497 e. The van der Waals surface area contributed by atoms with E-state index in [1.54, 1.807) is 13.3 Å². The largest absolute Gasteiger partial charge is 0.497 e. The van der Waals surface area contributed by atoms with Crippen LogP contribution in [0.25, 0.3) is 0 Å². The third-order valence-electron chi connectivity index (χ3n) is 2.97. The van der Waals surface area contributed by atoms with Gasteiger partial charge < -0.3 is 15.4 Å². The highest BCUT2D eigenvalue weighted by atomic mass is 32.1. The van der Waals surface area contributed by atoms with Gasteiger partial charge in [0.1, 0.15) is 16.6 Å². The van der Waals surface area contributed by atoms with Crippen molar-refractivity contribution in [3.05, 3.63) is 53.7 Å². The van der Waals surface area contributed by atoms with Crippen molar-refractivity contribution in [2.24, 2.45) is 5.73 Å². The number of pyridine rings is 1. The van der Waals surface area contributed by atoms with Crippen LogP contribution in [0.15, 0.2) is 42.6 Å². The molecule has 0 saturated carbocycles. The molecule has 0 aliphatic carbocycles. The fraction of sp³-hybridized carbons (Fsp3) is 0.200. The monoisotopic (exact) mass is 287 g/mol. The number of aromatic nitrogens is 1. The van der Waals surface area contributed by atoms with Crippen molar-refractivity contribution in [2.45, 2.75) is 6.54 Å². The first-order valence-corrected chi connectivity index (χ1v) is 6.61. The Bertz CT molecular complexity index is 616. The predicted molar refractivity (Wildman–Crippen MR) is 85.2 cm³/mol. The lowest BCUT2D eigenvalue weighted by Crippen LogP contribution is -2.22. The smallest absolute Gasteiger partial charge is 0.138 e. The van der Waals surface area contributed by atoms with Gasteiger partial charge in [-0.25, -0.2) is 4.98 Å². The summed E-state index contributed by atoms with van der Waals surface area (Å²) in [6.07, 6.45) is 1.74. The Morgan fingerprint density at radius 2 is 2.15 bits per heavy atom. The Hall–Kier alpha value is -2.14. The number of benzene rings is 1. The molecule has 0 bridgehead atoms. The summed E-state index contributed by atoms with van der Waals surface area (Å²) in [5.41, 5.74) is 7.65. The molecule has 5 heteroatoms. The van der Waals surface area contributed by atoms with E-state index in [9.17, 15) is 0 Å². The van der Waals surface area contributed by atoms with Gasteiger partial charge in [0, 0.05) is 19.8 Å². The summed E-state index contributed by atoms with van der Waals surface area (Å²) in [5.74, 6) is 1.62. The molecule has 1 aromatic heterocycles. The molecule has 0 atom stereocenters. The molecular formula is C15H17N3OS. The van der Waals surface area contributed by atoms with Crippen LogP contribution in [-0.4, -0.2) is 24.1 Å². The zero-order chi connectivity index (χ0) is 14.5. The quantitative estimate of drug-likeness (QED) is 0.856. The van der Waals surface area contributed by atoms with Crippen LogP contribution >= 0.6 is 12.2 Å². The molecule has 2 N–H and O–H groups in total. The summed E-state index contributed by atoms with van der Waals surface area (Å²) in [7, 11) is 3.62. The standard InChI is InChI=1S/C15H17N3OS/c1-18(10-11-5-3-6-12(9-11)19-2)15-13(14(16)20)7-4-8-17-15/h3-9H,10H2,1-2H3,(H2,16,20). The number of ether oxygens (including phenoxy) is 1. The van der Waals surface area contributed by atoms with E-state index >= 15 is 0 Å². The second-order valence-corrected chi connectivity index (χ2v) is 4.89. The van der Waals surface area contributed by atoms with Gasteiger partial charge in [0.2, 0.25) is 0 Å². The number of nitrogens with zero attached hydrogens (tertiary/aromatic N) is 2. The van der Waals surface area contributed by atoms with Crippen LogP contribution < -0.4 is 15.4 Å². The third-order valence-corrected chi connectivity index (χ3v) is 3.19. The number of methoxy groups -OCH3 is 1. The number of anilines is 1. The van der Waals surface area contributed by atoms with Crippen LogP contribution in [0, 0.1) is 0 Å². The average Bonchev–Trinajstić information content (AvgIpc) is 2.47. The van der Waals surface area contributed by atoms with Gasteiger partial charge in [0.05, 0.1) is 12.7 Å². The average molecular weight is 287 g/mol. The van der Waals surface area contributed by atoms with E-state index in [0.717, 1.165) is 22.7 Å². The van der Waals surface area contributed by atoms with Gasteiger partial charge in [-0.2, -0.15) is 0 Å². The van der Waals surface area contributed by atoms with Crippen molar-refractivity contribution < 1.29 is 4.74 Å². The zero-order valence-corrected chi connectivity index (χ0v) is 12.4. The highest BCUT2D eigenvalue weighted by Gasteiger charge is 2.11. The maximum absolute atomic E-state index is 5.74. The Morgan fingerprint density at radius 1 is 1.35 bits per heavy atom. The summed E-state index contributed by atoms with van der Waals surface area (Å²) in [5, 5.41) is 0. The molecule has 0 aliphatic rings. The molecule has 1 aromatic carbocycles. The minimum atomic E-state index is 0.352. The van der Waals surface area contributed by atoms with Gasteiger partial charge in [-0.3, -0.25) is 0 Å². The molecule has 2 aromatic rings. The van der Waals surface area contributed by atoms with Crippen molar-refractivity contribution >= 4 is 23.0 Å². The minimum absolute atomic E-state index is 0.352. The van der Waals surface area contributed by atoms with Gasteiger partial charge >= 0.3 is 0 Å². The van der Waals surface area contributed by atoms with Crippen molar-refractivity contribution in [3.63, 3.8) is 0 Å². The fourth-order valence-electron chi connectivity index (χ4n) is 2.01. The Labute approximate surface area is 124 Å². The molecule has 0 amide bonds. The highest BCUT2D eigenvalue weighted by molar-refractivity contribution is 7.80. The Balaban J connectivity index is 2.23. The number of hydrogen-bond donors (Lipinski definition) is 1. The molecule has 0 fully saturated rings. The Kier molecular flexibility index (Phi) is 4.53. The first-order chi connectivity index (χ1) is 9.61. The number of hydrogen-bond acceptors (Lipinski definition) is 4. The van der Waals surface area contributed by atoms with Crippen molar-refractivity contribution in [1.82, 2.24) is 4.98 Å². The van der Waals surface area contributed by atoms with Gasteiger partial charge in [-0.1, -0.05) is 24.4 Å². The molecule has 0 radical (unpaired) electrons. The molecule has 2 rings (SSSR count). The summed E-state index contributed by atoms with van der Waals surface area (Å²) in [6, 6.07) is 11.6. The summed E-state index contributed by atoms with van der Waals surface area (Å²) < 4.78 is 5.23. The summed E-state index contributed by atoms with van der Waals surface area (Å²) >= 11 is 5.06. The lowest BCUT2D eigenvalue weighted by Gasteiger charge is -2.21. The molecule has 4 nitrogen and oxygen atoms in total. The zero-order valence-electron chi connectivity index (χ0n) is 11.5. The second-order valence-electron chi connectivity index (χ2n) is 4.45. The van der Waals surface area contributed by atoms with Crippen LogP contribution in [-0.2, 0) is 6.54 Å². The lowest BCUT2D eigenvalue weighted by atomic mass is 10.2. The van der Waals surface area contributed by atoms with E-state index in [-0.39, 0.29) is 0 Å². The highest BCUT2D eigenvalue weighted by Crippen LogP contribution is 2.20. The van der Waals surface area contributed by atoms with Crippen LogP contribution in [0.1, 0.15) is 11.1 Å². The van der Waals surface area contributed by atoms with E-state index in [2.05, 4.69) is 4.98 Å². The van der Waals surface area contributed by atoms with Crippen LogP contribution in [0.4, 0.5) is 5.82 Å². The molecule has 0 spiro atoms. The van der Waals surface area contributed by atoms with Gasteiger partial charge in [-0.05, 0) is 29.8 Å². The third kappa shape index (κ3) is 3.24. The van der Waals surface area contributed by atoms with Crippen molar-refractivity contribution in [2.75, 3.05) is 19.1 Å². The summed E-state index contributed by atoms with van der Waals surface area (Å²) in [6.45, 7) is 0.698. The van der Waals surface area contributed by atoms with Crippen LogP contribution in [0.2, 0.25) is 0 Å². The van der Waals surface area contributed by atoms with E-state index in [0.29, 0.717) is 11.5 Å². The molecule has 0 unspecified atom stereocenters. The second kappa shape index (κ2) is 6.34. The van der Waals surface area contributed by atoms with E-state index < -0.39 is 0 Å². The molecule has 0 saturated heterocycles. The maximum atomic E-state index is 5.74. The van der Waals surface area contributed by atoms with E-state index in [4.69, 9.17) is 22.7 Å². The molecule has 0 aliphatic heterocycles. The van der Waals surface area contributed by atoms with Crippen LogP contribution in [0.5, 0.6) is 5.75 Å². The lowest BCUT2D eigenvalue weighted by molar-refractivity contribution is 0.414. The maximum Gasteiger partial charge on any atom is 0.138 e. The first kappa shape index (κ1) is 14.3. The summed E-state index contributed by atoms with van der Waals surface area (Å²) in [4.78, 5) is 6.74. The predicted octanol–water partition coefficient (Wildman–Crippen LogP) is 2.36. The fourth-order valence-corrected chi connectivity index (χ4v) is 2.17. The Morgan fingerprint density at radius 3 is 2.85 bits per heavy atom. The first-order valence-electron chi connectivity index (χ1n) is 6.20.